The van der Waals surface area contributed by atoms with Gasteiger partial charge in [0.15, 0.2) is 11.4 Å². The molecule has 1 saturated heterocycles. The maximum absolute atomic E-state index is 13.0. The van der Waals surface area contributed by atoms with Crippen LogP contribution in [0.15, 0.2) is 35.3 Å². The number of Topliss-reactive ketones (excluding diaryl/α,β-unsaturated/α-hetero) is 1. The topological polar surface area (TPSA) is 112 Å². The summed E-state index contributed by atoms with van der Waals surface area (Å²) >= 11 is 0. The van der Waals surface area contributed by atoms with Gasteiger partial charge in [-0.2, -0.15) is 0 Å². The molecule has 0 bridgehead atoms. The fraction of sp³-hybridized carbons (Fsp3) is 0.364. The van der Waals surface area contributed by atoms with Crippen LogP contribution in [0.1, 0.15) is 39.8 Å². The first-order chi connectivity index (χ1) is 15.3. The lowest BCUT2D eigenvalue weighted by Gasteiger charge is -2.46. The largest absolute Gasteiger partial charge is 0.503 e. The van der Waals surface area contributed by atoms with Gasteiger partial charge in [-0.25, -0.2) is 4.39 Å². The third kappa shape index (κ3) is 4.01. The molecule has 2 aliphatic heterocycles. The minimum absolute atomic E-state index is 0.0336. The minimum atomic E-state index is -0.933. The summed E-state index contributed by atoms with van der Waals surface area (Å²) in [6.45, 7) is 3.01. The zero-order valence-corrected chi connectivity index (χ0v) is 17.5. The first-order valence-corrected chi connectivity index (χ1v) is 10.3. The molecule has 1 atom stereocenters. The number of hydrogen-bond acceptors (Lipinski definition) is 6. The fourth-order valence-corrected chi connectivity index (χ4v) is 4.23. The van der Waals surface area contributed by atoms with Crippen LogP contribution in [0, 0.1) is 5.82 Å². The molecule has 0 radical (unpaired) electrons. The monoisotopic (exact) mass is 442 g/mol. The second-order valence-electron chi connectivity index (χ2n) is 8.04. The predicted molar refractivity (Wildman–Crippen MR) is 112 cm³/mol. The molecule has 10 heteroatoms. The number of halogens is 1. The fourth-order valence-electron chi connectivity index (χ4n) is 4.23. The van der Waals surface area contributed by atoms with Crippen molar-refractivity contribution < 1.29 is 23.9 Å². The Balaban J connectivity index is 1.62. The van der Waals surface area contributed by atoms with Gasteiger partial charge in [0.25, 0.3) is 11.8 Å². The van der Waals surface area contributed by atoms with Crippen LogP contribution in [0.3, 0.4) is 0 Å². The third-order valence-electron chi connectivity index (χ3n) is 5.74. The average Bonchev–Trinajstić information content (AvgIpc) is 2.76. The van der Waals surface area contributed by atoms with Crippen LogP contribution in [0.2, 0.25) is 0 Å². The Morgan fingerprint density at radius 2 is 1.91 bits per heavy atom. The van der Waals surface area contributed by atoms with Crippen molar-refractivity contribution in [3.05, 3.63) is 63.3 Å². The van der Waals surface area contributed by atoms with Crippen molar-refractivity contribution in [2.45, 2.75) is 32.6 Å². The van der Waals surface area contributed by atoms with Gasteiger partial charge in [-0.3, -0.25) is 24.1 Å². The van der Waals surface area contributed by atoms with E-state index in [-0.39, 0.29) is 36.7 Å². The number of nitrogens with one attached hydrogen (secondary N) is 1. The molecule has 1 aromatic carbocycles. The number of ketones is 1. The van der Waals surface area contributed by atoms with E-state index >= 15 is 0 Å². The van der Waals surface area contributed by atoms with Crippen molar-refractivity contribution in [2.75, 3.05) is 19.6 Å². The number of carbonyl (C=O) groups is 3. The van der Waals surface area contributed by atoms with E-state index in [0.717, 1.165) is 0 Å². The molecule has 2 aromatic rings. The van der Waals surface area contributed by atoms with Gasteiger partial charge in [0.1, 0.15) is 23.3 Å². The summed E-state index contributed by atoms with van der Waals surface area (Å²) in [5, 5.41) is 13.1. The molecular weight excluding hydrogens is 419 g/mol. The molecule has 3 heterocycles. The van der Waals surface area contributed by atoms with Crippen LogP contribution in [-0.4, -0.2) is 62.9 Å². The van der Waals surface area contributed by atoms with Gasteiger partial charge >= 0.3 is 0 Å². The third-order valence-corrected chi connectivity index (χ3v) is 5.74. The Labute approximate surface area is 183 Å². The van der Waals surface area contributed by atoms with E-state index < -0.39 is 35.0 Å². The summed E-state index contributed by atoms with van der Waals surface area (Å²) in [6, 6.07) is 5.53. The maximum atomic E-state index is 13.0. The molecule has 1 aromatic heterocycles. The molecule has 2 N–H and O–H groups in total. The van der Waals surface area contributed by atoms with E-state index in [1.54, 1.807) is 4.90 Å². The van der Waals surface area contributed by atoms with Gasteiger partial charge in [0, 0.05) is 25.8 Å². The molecule has 1 fully saturated rings. The highest BCUT2D eigenvalue weighted by Crippen LogP contribution is 2.27. The highest BCUT2D eigenvalue weighted by Gasteiger charge is 2.40. The summed E-state index contributed by atoms with van der Waals surface area (Å²) in [6.07, 6.45) is 1.53. The number of fused-ring (bicyclic) bond motifs is 2. The van der Waals surface area contributed by atoms with Crippen molar-refractivity contribution in [3.63, 3.8) is 0 Å². The second kappa shape index (κ2) is 8.54. The zero-order chi connectivity index (χ0) is 23.0. The van der Waals surface area contributed by atoms with Gasteiger partial charge < -0.3 is 19.9 Å². The van der Waals surface area contributed by atoms with Crippen molar-refractivity contribution in [1.82, 2.24) is 19.7 Å². The Kier molecular flexibility index (Phi) is 5.79. The Hall–Kier alpha value is -3.53. The van der Waals surface area contributed by atoms with E-state index in [9.17, 15) is 28.7 Å². The SMILES string of the molecule is CC(=O)CN1CCCN2C(=O)c3c(O)c(=O)c(C(=O)NCc4ccc(F)cc4)cn3CC12. The summed E-state index contributed by atoms with van der Waals surface area (Å²) < 4.78 is 14.5. The number of benzene rings is 1. The van der Waals surface area contributed by atoms with Gasteiger partial charge in [0.05, 0.1) is 13.1 Å². The lowest BCUT2D eigenvalue weighted by Crippen LogP contribution is -2.61. The Bertz CT molecular complexity index is 1140. The molecule has 0 aliphatic carbocycles. The maximum Gasteiger partial charge on any atom is 0.275 e. The van der Waals surface area contributed by atoms with Gasteiger partial charge in [-0.15, -0.1) is 0 Å². The van der Waals surface area contributed by atoms with E-state index in [2.05, 4.69) is 5.32 Å². The standard InChI is InChI=1S/C22H23FN4O5/c1-13(28)10-25-7-2-8-27-17(25)12-26-11-16(19(29)20(30)18(26)22(27)32)21(31)24-9-14-3-5-15(23)6-4-14/h3-6,11,17,30H,2,7-10,12H2,1H3,(H,24,31). The van der Waals surface area contributed by atoms with Gasteiger partial charge in [-0.05, 0) is 31.0 Å². The van der Waals surface area contributed by atoms with Crippen LogP contribution in [0.4, 0.5) is 4.39 Å². The van der Waals surface area contributed by atoms with Crippen LogP contribution in [0.5, 0.6) is 5.75 Å². The number of amides is 2. The number of pyridine rings is 1. The van der Waals surface area contributed by atoms with Crippen LogP contribution < -0.4 is 10.7 Å². The van der Waals surface area contributed by atoms with Gasteiger partial charge in [0.2, 0.25) is 5.43 Å². The number of hydrogen-bond donors (Lipinski definition) is 2. The van der Waals surface area contributed by atoms with Crippen LogP contribution in [0.25, 0.3) is 0 Å². The summed E-state index contributed by atoms with van der Waals surface area (Å²) in [5.41, 5.74) is -0.762. The van der Waals surface area contributed by atoms with E-state index in [0.29, 0.717) is 25.1 Å². The number of aromatic hydroxyl groups is 1. The zero-order valence-electron chi connectivity index (χ0n) is 17.5. The molecule has 9 nitrogen and oxygen atoms in total. The summed E-state index contributed by atoms with van der Waals surface area (Å²) in [5.74, 6) is -2.44. The van der Waals surface area contributed by atoms with Crippen LogP contribution >= 0.6 is 0 Å². The molecule has 0 saturated carbocycles. The Morgan fingerprint density at radius 1 is 1.19 bits per heavy atom. The lowest BCUT2D eigenvalue weighted by atomic mass is 10.1. The van der Waals surface area contributed by atoms with Crippen LogP contribution in [-0.2, 0) is 17.9 Å². The predicted octanol–water partition coefficient (Wildman–Crippen LogP) is 0.700. The smallest absolute Gasteiger partial charge is 0.275 e. The number of carbonyl (C=O) groups excluding carboxylic acids is 3. The minimum Gasteiger partial charge on any atom is -0.503 e. The highest BCUT2D eigenvalue weighted by molar-refractivity contribution is 5.99. The molecule has 32 heavy (non-hydrogen) atoms. The summed E-state index contributed by atoms with van der Waals surface area (Å²) in [7, 11) is 0. The molecular formula is C22H23FN4O5. The summed E-state index contributed by atoms with van der Waals surface area (Å²) in [4.78, 5) is 53.4. The molecule has 2 amide bonds. The van der Waals surface area contributed by atoms with Crippen molar-refractivity contribution in [1.29, 1.82) is 0 Å². The average molecular weight is 442 g/mol. The van der Waals surface area contributed by atoms with Crippen molar-refractivity contribution in [3.8, 4) is 5.75 Å². The number of nitrogens with zero attached hydrogens (tertiary/aromatic N) is 3. The first kappa shape index (κ1) is 21.7. The first-order valence-electron chi connectivity index (χ1n) is 10.3. The van der Waals surface area contributed by atoms with Gasteiger partial charge in [-0.1, -0.05) is 12.1 Å². The Morgan fingerprint density at radius 3 is 2.59 bits per heavy atom. The highest BCUT2D eigenvalue weighted by atomic mass is 19.1. The molecule has 4 rings (SSSR count). The van der Waals surface area contributed by atoms with Crippen molar-refractivity contribution in [2.24, 2.45) is 0 Å². The molecule has 168 valence electrons. The number of rotatable bonds is 5. The normalized spacial score (nSPS) is 18.1. The lowest BCUT2D eigenvalue weighted by molar-refractivity contribution is -0.120. The number of aromatic nitrogens is 1. The van der Waals surface area contributed by atoms with E-state index in [1.807, 2.05) is 4.90 Å². The quantitative estimate of drug-likeness (QED) is 0.705. The van der Waals surface area contributed by atoms with E-state index in [1.165, 1.54) is 42.0 Å². The van der Waals surface area contributed by atoms with E-state index in [4.69, 9.17) is 0 Å². The van der Waals surface area contributed by atoms with Crippen molar-refractivity contribution >= 4 is 17.6 Å². The molecule has 2 aliphatic rings. The molecule has 1 unspecified atom stereocenters. The second-order valence-corrected chi connectivity index (χ2v) is 8.04. The molecule has 0 spiro atoms.